The molecule has 0 aliphatic carbocycles. The van der Waals surface area contributed by atoms with Crippen LogP contribution in [0.3, 0.4) is 0 Å². The number of ether oxygens (including phenoxy) is 2. The maximum atomic E-state index is 14.3. The number of halogens is 2. The summed E-state index contributed by atoms with van der Waals surface area (Å²) in [6, 6.07) is 11.3. The normalized spacial score (nSPS) is 16.0. The number of piperidine rings is 1. The third kappa shape index (κ3) is 4.03. The highest BCUT2D eigenvalue weighted by Gasteiger charge is 2.34. The van der Waals surface area contributed by atoms with E-state index in [1.807, 2.05) is 17.9 Å². The Kier molecular flexibility index (Phi) is 5.47. The lowest BCUT2D eigenvalue weighted by molar-refractivity contribution is -0.0238. The fourth-order valence-electron chi connectivity index (χ4n) is 3.77. The molecule has 0 bridgehead atoms. The van der Waals surface area contributed by atoms with Gasteiger partial charge in [0, 0.05) is 24.5 Å². The molecule has 1 saturated heterocycles. The highest BCUT2D eigenvalue weighted by Crippen LogP contribution is 2.32. The van der Waals surface area contributed by atoms with Crippen LogP contribution in [0.2, 0.25) is 0 Å². The Labute approximate surface area is 173 Å². The van der Waals surface area contributed by atoms with Crippen molar-refractivity contribution in [3.05, 3.63) is 59.7 Å². The minimum Gasteiger partial charge on any atom is -0.490 e. The predicted octanol–water partition coefficient (Wildman–Crippen LogP) is 4.24. The van der Waals surface area contributed by atoms with E-state index in [-0.39, 0.29) is 17.9 Å². The Morgan fingerprint density at radius 2 is 1.83 bits per heavy atom. The molecule has 4 rings (SSSR count). The van der Waals surface area contributed by atoms with Crippen molar-refractivity contribution in [2.75, 3.05) is 31.7 Å². The monoisotopic (exact) mass is 414 g/mol. The van der Waals surface area contributed by atoms with Crippen LogP contribution in [0, 0.1) is 18.6 Å². The third-order valence-electron chi connectivity index (χ3n) is 5.59. The lowest BCUT2D eigenvalue weighted by Crippen LogP contribution is -2.48. The molecule has 0 atom stereocenters. The largest absolute Gasteiger partial charge is 0.490 e. The van der Waals surface area contributed by atoms with Crippen LogP contribution in [0.25, 0.3) is 10.9 Å². The number of hydrogen-bond acceptors (Lipinski definition) is 5. The number of methoxy groups -OCH3 is 1. The van der Waals surface area contributed by atoms with E-state index in [1.54, 1.807) is 18.2 Å². The lowest BCUT2D eigenvalue weighted by Gasteiger charge is -2.39. The van der Waals surface area contributed by atoms with Gasteiger partial charge in [-0.05, 0) is 55.7 Å². The number of aryl methyl sites for hydroxylation is 1. The highest BCUT2D eigenvalue weighted by atomic mass is 19.1. The molecule has 1 fully saturated rings. The molecule has 2 aromatic carbocycles. The molecule has 1 aliphatic rings. The molecule has 30 heavy (non-hydrogen) atoms. The van der Waals surface area contributed by atoms with Crippen LogP contribution >= 0.6 is 0 Å². The van der Waals surface area contributed by atoms with Crippen molar-refractivity contribution in [1.82, 2.24) is 4.98 Å². The smallest absolute Gasteiger partial charge is 0.213 e. The topological polar surface area (TPSA) is 54.8 Å². The minimum atomic E-state index is -1.04. The Bertz CT molecular complexity index is 1070. The third-order valence-corrected chi connectivity index (χ3v) is 5.59. The van der Waals surface area contributed by atoms with Gasteiger partial charge in [0.05, 0.1) is 12.8 Å². The van der Waals surface area contributed by atoms with E-state index in [1.165, 1.54) is 25.3 Å². The molecule has 158 valence electrons. The summed E-state index contributed by atoms with van der Waals surface area (Å²) in [4.78, 5) is 6.08. The Morgan fingerprint density at radius 3 is 2.53 bits per heavy atom. The van der Waals surface area contributed by atoms with E-state index >= 15 is 0 Å². The van der Waals surface area contributed by atoms with Gasteiger partial charge in [-0.15, -0.1) is 0 Å². The second-order valence-corrected chi connectivity index (χ2v) is 7.75. The first-order valence-corrected chi connectivity index (χ1v) is 9.88. The maximum Gasteiger partial charge on any atom is 0.213 e. The summed E-state index contributed by atoms with van der Waals surface area (Å²) in [5.74, 6) is 0.0377. The van der Waals surface area contributed by atoms with Crippen molar-refractivity contribution < 1.29 is 23.4 Å². The number of anilines is 1. The quantitative estimate of drug-likeness (QED) is 0.677. The first-order valence-electron chi connectivity index (χ1n) is 9.88. The van der Waals surface area contributed by atoms with Crippen LogP contribution in [-0.2, 0) is 0 Å². The van der Waals surface area contributed by atoms with Gasteiger partial charge in [0.1, 0.15) is 35.1 Å². The Hall–Kier alpha value is -2.93. The average molecular weight is 414 g/mol. The molecule has 0 radical (unpaired) electrons. The minimum absolute atomic E-state index is 0.0595. The van der Waals surface area contributed by atoms with E-state index in [9.17, 15) is 13.9 Å². The molecular formula is C23H24F2N2O3. The van der Waals surface area contributed by atoms with Gasteiger partial charge < -0.3 is 19.5 Å². The average Bonchev–Trinajstić information content (AvgIpc) is 2.74. The van der Waals surface area contributed by atoms with Crippen molar-refractivity contribution in [2.45, 2.75) is 25.4 Å². The van der Waals surface area contributed by atoms with Gasteiger partial charge in [0.2, 0.25) is 5.88 Å². The van der Waals surface area contributed by atoms with Gasteiger partial charge in [0.15, 0.2) is 0 Å². The first-order chi connectivity index (χ1) is 14.4. The van der Waals surface area contributed by atoms with Gasteiger partial charge in [-0.3, -0.25) is 0 Å². The number of aliphatic hydroxyl groups is 1. The number of benzene rings is 2. The standard InChI is InChI=1S/C23H24F2N2O3/c1-15-3-6-19(18(25)13-15)27-11-9-23(28,10-12-27)14-30-20-7-5-17(24)22-16(20)4-8-21(26-22)29-2/h3-8,13,28H,9-12,14H2,1-2H3. The van der Waals surface area contributed by atoms with Crippen molar-refractivity contribution in [2.24, 2.45) is 0 Å². The predicted molar refractivity (Wildman–Crippen MR) is 111 cm³/mol. The summed E-state index contributed by atoms with van der Waals surface area (Å²) < 4.78 is 39.4. The van der Waals surface area contributed by atoms with Crippen molar-refractivity contribution in [3.63, 3.8) is 0 Å². The first kappa shape index (κ1) is 20.3. The van der Waals surface area contributed by atoms with E-state index < -0.39 is 11.4 Å². The van der Waals surface area contributed by atoms with Crippen LogP contribution in [0.15, 0.2) is 42.5 Å². The molecule has 7 heteroatoms. The highest BCUT2D eigenvalue weighted by molar-refractivity contribution is 5.86. The van der Waals surface area contributed by atoms with Crippen LogP contribution in [0.1, 0.15) is 18.4 Å². The summed E-state index contributed by atoms with van der Waals surface area (Å²) in [7, 11) is 1.47. The van der Waals surface area contributed by atoms with Gasteiger partial charge in [0.25, 0.3) is 0 Å². The van der Waals surface area contributed by atoms with E-state index in [2.05, 4.69) is 4.98 Å². The number of pyridine rings is 1. The molecule has 0 saturated carbocycles. The summed E-state index contributed by atoms with van der Waals surface area (Å²) in [6.45, 7) is 2.94. The number of fused-ring (bicyclic) bond motifs is 1. The zero-order chi connectivity index (χ0) is 21.3. The van der Waals surface area contributed by atoms with Crippen LogP contribution in [-0.4, -0.2) is 42.5 Å². The number of aromatic nitrogens is 1. The molecule has 3 aromatic rings. The summed E-state index contributed by atoms with van der Waals surface area (Å²) >= 11 is 0. The maximum absolute atomic E-state index is 14.3. The van der Waals surface area contributed by atoms with Crippen LogP contribution < -0.4 is 14.4 Å². The number of nitrogens with zero attached hydrogens (tertiary/aromatic N) is 2. The molecule has 0 spiro atoms. The lowest BCUT2D eigenvalue weighted by atomic mass is 9.92. The zero-order valence-corrected chi connectivity index (χ0v) is 17.0. The summed E-state index contributed by atoms with van der Waals surface area (Å²) in [5.41, 5.74) is 0.534. The van der Waals surface area contributed by atoms with Gasteiger partial charge in [-0.25, -0.2) is 13.8 Å². The van der Waals surface area contributed by atoms with Crippen molar-refractivity contribution in [1.29, 1.82) is 0 Å². The fraction of sp³-hybridized carbons (Fsp3) is 0.348. The molecule has 1 N–H and O–H groups in total. The Balaban J connectivity index is 1.45. The second-order valence-electron chi connectivity index (χ2n) is 7.75. The van der Waals surface area contributed by atoms with E-state index in [0.717, 1.165) is 5.56 Å². The fourth-order valence-corrected chi connectivity index (χ4v) is 3.77. The molecule has 0 amide bonds. The summed E-state index contributed by atoms with van der Waals surface area (Å²) in [6.07, 6.45) is 0.872. The molecule has 5 nitrogen and oxygen atoms in total. The van der Waals surface area contributed by atoms with Crippen molar-refractivity contribution >= 4 is 16.6 Å². The molecule has 1 aromatic heterocycles. The molecule has 0 unspecified atom stereocenters. The van der Waals surface area contributed by atoms with Crippen molar-refractivity contribution in [3.8, 4) is 11.6 Å². The van der Waals surface area contributed by atoms with Gasteiger partial charge >= 0.3 is 0 Å². The van der Waals surface area contributed by atoms with Crippen LogP contribution in [0.4, 0.5) is 14.5 Å². The van der Waals surface area contributed by atoms with Gasteiger partial charge in [-0.1, -0.05) is 6.07 Å². The van der Waals surface area contributed by atoms with E-state index in [4.69, 9.17) is 9.47 Å². The Morgan fingerprint density at radius 1 is 1.07 bits per heavy atom. The SMILES string of the molecule is COc1ccc2c(OCC3(O)CCN(c4ccc(C)cc4F)CC3)ccc(F)c2n1. The molecule has 1 aliphatic heterocycles. The van der Waals surface area contributed by atoms with E-state index in [0.29, 0.717) is 48.6 Å². The molecule has 2 heterocycles. The van der Waals surface area contributed by atoms with Crippen LogP contribution in [0.5, 0.6) is 11.6 Å². The summed E-state index contributed by atoms with van der Waals surface area (Å²) in [5, 5.41) is 11.5. The second kappa shape index (κ2) is 8.07. The van der Waals surface area contributed by atoms with Gasteiger partial charge in [-0.2, -0.15) is 0 Å². The number of rotatable bonds is 5. The zero-order valence-electron chi connectivity index (χ0n) is 17.0. The number of hydrogen-bond donors (Lipinski definition) is 1. The molecular weight excluding hydrogens is 390 g/mol.